The first-order chi connectivity index (χ1) is 26.2. The van der Waals surface area contributed by atoms with Crippen LogP contribution in [0.4, 0.5) is 0 Å². The summed E-state index contributed by atoms with van der Waals surface area (Å²) in [6, 6.07) is 19.3. The predicted molar refractivity (Wildman–Crippen MR) is 205 cm³/mol. The molecule has 1 saturated heterocycles. The standard InChI is InChI=1S/C40H43Cl2N7O5/c1-27-30(5-2-6-32(27)33-7-3-8-35(39(33)42)52-14-4-11-49-12-9-40(51,25-50)10-13-49)24-54-37-17-36(53-23-29-15-28(18-43)19-44-20-29)31(16-34(37)41)21-45-22-38-46-26-47-48-38/h2-3,5-8,15-17,19-20,26,45,50-51H,4,9-14,21-25H2,1H3,(H,46,47,48). The number of aliphatic hydroxyl groups is 2. The smallest absolute Gasteiger partial charge is 0.142 e. The van der Waals surface area contributed by atoms with Crippen molar-refractivity contribution in [3.8, 4) is 34.4 Å². The first-order valence-electron chi connectivity index (χ1n) is 17.8. The summed E-state index contributed by atoms with van der Waals surface area (Å²) < 4.78 is 18.7. The summed E-state index contributed by atoms with van der Waals surface area (Å²) in [5.74, 6) is 2.35. The summed E-state index contributed by atoms with van der Waals surface area (Å²) in [5, 5.41) is 40.0. The average Bonchev–Trinajstić information content (AvgIpc) is 3.71. The van der Waals surface area contributed by atoms with Gasteiger partial charge in [0, 0.05) is 61.3 Å². The molecule has 0 saturated carbocycles. The molecule has 0 atom stereocenters. The predicted octanol–water partition coefficient (Wildman–Crippen LogP) is 6.39. The molecule has 282 valence electrons. The maximum absolute atomic E-state index is 10.3. The van der Waals surface area contributed by atoms with Crippen LogP contribution in [0.3, 0.4) is 0 Å². The maximum Gasteiger partial charge on any atom is 0.142 e. The van der Waals surface area contributed by atoms with Gasteiger partial charge >= 0.3 is 0 Å². The molecule has 3 aromatic carbocycles. The molecule has 5 aromatic rings. The molecule has 0 amide bonds. The molecule has 0 unspecified atom stereocenters. The molecule has 1 fully saturated rings. The highest BCUT2D eigenvalue weighted by molar-refractivity contribution is 6.35. The molecule has 0 radical (unpaired) electrons. The van der Waals surface area contributed by atoms with Gasteiger partial charge < -0.3 is 34.6 Å². The normalized spacial score (nSPS) is 14.1. The van der Waals surface area contributed by atoms with Crippen molar-refractivity contribution in [3.63, 3.8) is 0 Å². The van der Waals surface area contributed by atoms with Crippen molar-refractivity contribution in [1.82, 2.24) is 30.4 Å². The van der Waals surface area contributed by atoms with Crippen LogP contribution in [-0.4, -0.2) is 73.7 Å². The van der Waals surface area contributed by atoms with Gasteiger partial charge in [0.1, 0.15) is 48.7 Å². The van der Waals surface area contributed by atoms with Crippen molar-refractivity contribution < 1.29 is 24.4 Å². The maximum atomic E-state index is 10.3. The lowest BCUT2D eigenvalue weighted by Gasteiger charge is -2.36. The largest absolute Gasteiger partial charge is 0.492 e. The number of nitrogens with one attached hydrogen (secondary N) is 2. The number of likely N-dealkylation sites (tertiary alicyclic amines) is 1. The van der Waals surface area contributed by atoms with E-state index in [0.717, 1.165) is 59.4 Å². The Morgan fingerprint density at radius 3 is 2.52 bits per heavy atom. The molecule has 0 spiro atoms. The van der Waals surface area contributed by atoms with Crippen molar-refractivity contribution in [2.45, 2.75) is 58.1 Å². The lowest BCUT2D eigenvalue weighted by molar-refractivity contribution is -0.0596. The Hall–Kier alpha value is -4.74. The van der Waals surface area contributed by atoms with E-state index in [4.69, 9.17) is 37.4 Å². The van der Waals surface area contributed by atoms with Crippen LogP contribution in [-0.2, 0) is 26.3 Å². The zero-order valence-corrected chi connectivity index (χ0v) is 31.5. The fourth-order valence-electron chi connectivity index (χ4n) is 6.32. The number of pyridine rings is 1. The monoisotopic (exact) mass is 771 g/mol. The SMILES string of the molecule is Cc1c(COc2cc(OCc3cncc(C#N)c3)c(CNCc3ncn[nH]3)cc2Cl)cccc1-c1cccc(OCCCN2CCC(O)(CO)CC2)c1Cl. The van der Waals surface area contributed by atoms with Gasteiger partial charge in [-0.15, -0.1) is 0 Å². The number of ether oxygens (including phenoxy) is 3. The van der Waals surface area contributed by atoms with Crippen LogP contribution in [0.5, 0.6) is 17.2 Å². The Kier molecular flexibility index (Phi) is 13.4. The lowest BCUT2D eigenvalue weighted by atomic mass is 9.92. The minimum Gasteiger partial charge on any atom is -0.492 e. The van der Waals surface area contributed by atoms with Crippen molar-refractivity contribution in [3.05, 3.63) is 117 Å². The number of nitrogens with zero attached hydrogens (tertiary/aromatic N) is 5. The molecule has 0 aliphatic carbocycles. The van der Waals surface area contributed by atoms with Gasteiger partial charge in [0.15, 0.2) is 0 Å². The molecule has 1 aliphatic rings. The number of aromatic amines is 1. The zero-order valence-electron chi connectivity index (χ0n) is 30.0. The Morgan fingerprint density at radius 2 is 1.74 bits per heavy atom. The van der Waals surface area contributed by atoms with Crippen molar-refractivity contribution in [1.29, 1.82) is 5.26 Å². The first-order valence-corrected chi connectivity index (χ1v) is 18.5. The highest BCUT2D eigenvalue weighted by Crippen LogP contribution is 2.39. The Labute approximate surface area is 324 Å². The number of aromatic nitrogens is 4. The minimum absolute atomic E-state index is 0.193. The highest BCUT2D eigenvalue weighted by Gasteiger charge is 2.31. The van der Waals surface area contributed by atoms with Gasteiger partial charge in [-0.1, -0.05) is 53.5 Å². The number of benzene rings is 3. The van der Waals surface area contributed by atoms with Crippen LogP contribution in [0, 0.1) is 18.3 Å². The third kappa shape index (κ3) is 10.1. The van der Waals surface area contributed by atoms with E-state index in [1.807, 2.05) is 49.4 Å². The van der Waals surface area contributed by atoms with E-state index >= 15 is 0 Å². The van der Waals surface area contributed by atoms with Gasteiger partial charge in [0.05, 0.1) is 41.0 Å². The molecule has 0 bridgehead atoms. The molecule has 2 aromatic heterocycles. The number of H-pyrrole nitrogens is 1. The molecule has 4 N–H and O–H groups in total. The second-order valence-corrected chi connectivity index (χ2v) is 14.1. The van der Waals surface area contributed by atoms with Crippen molar-refractivity contribution >= 4 is 23.2 Å². The molecular weight excluding hydrogens is 729 g/mol. The topological polar surface area (TPSA) is 162 Å². The fourth-order valence-corrected chi connectivity index (χ4v) is 6.84. The highest BCUT2D eigenvalue weighted by atomic mass is 35.5. The molecule has 54 heavy (non-hydrogen) atoms. The molecule has 3 heterocycles. The van der Waals surface area contributed by atoms with E-state index < -0.39 is 5.60 Å². The van der Waals surface area contributed by atoms with E-state index in [1.54, 1.807) is 18.3 Å². The Balaban J connectivity index is 1.12. The molecule has 6 rings (SSSR count). The van der Waals surface area contributed by atoms with E-state index in [0.29, 0.717) is 71.2 Å². The van der Waals surface area contributed by atoms with E-state index in [2.05, 4.69) is 36.5 Å². The summed E-state index contributed by atoms with van der Waals surface area (Å²) in [7, 11) is 0. The lowest BCUT2D eigenvalue weighted by Crippen LogP contribution is -2.46. The van der Waals surface area contributed by atoms with E-state index in [9.17, 15) is 15.5 Å². The van der Waals surface area contributed by atoms with Crippen LogP contribution in [0.15, 0.2) is 73.3 Å². The number of halogens is 2. The van der Waals surface area contributed by atoms with Gasteiger partial charge in [0.25, 0.3) is 0 Å². The van der Waals surface area contributed by atoms with Gasteiger partial charge in [-0.05, 0) is 61.1 Å². The Morgan fingerprint density at radius 1 is 0.944 bits per heavy atom. The minimum atomic E-state index is -0.954. The van der Waals surface area contributed by atoms with Crippen LogP contribution >= 0.6 is 23.2 Å². The fraction of sp³-hybridized carbons (Fsp3) is 0.350. The third-order valence-corrected chi connectivity index (χ3v) is 10.2. The Bertz CT molecular complexity index is 2050. The number of rotatable bonds is 17. The van der Waals surface area contributed by atoms with Crippen LogP contribution in [0.2, 0.25) is 10.0 Å². The quantitative estimate of drug-likeness (QED) is 0.0776. The summed E-state index contributed by atoms with van der Waals surface area (Å²) in [6.07, 6.45) is 6.58. The summed E-state index contributed by atoms with van der Waals surface area (Å²) in [4.78, 5) is 10.6. The van der Waals surface area contributed by atoms with Crippen LogP contribution < -0.4 is 19.5 Å². The van der Waals surface area contributed by atoms with Crippen molar-refractivity contribution in [2.75, 3.05) is 32.8 Å². The van der Waals surface area contributed by atoms with E-state index in [1.165, 1.54) is 12.5 Å². The average molecular weight is 773 g/mol. The van der Waals surface area contributed by atoms with Gasteiger partial charge in [-0.2, -0.15) is 10.4 Å². The molecule has 1 aliphatic heterocycles. The molecule has 12 nitrogen and oxygen atoms in total. The van der Waals surface area contributed by atoms with Gasteiger partial charge in [-0.3, -0.25) is 10.1 Å². The second-order valence-electron chi connectivity index (χ2n) is 13.3. The molecule has 14 heteroatoms. The number of hydrogen-bond acceptors (Lipinski definition) is 11. The summed E-state index contributed by atoms with van der Waals surface area (Å²) in [6.45, 7) is 6.03. The second kappa shape index (κ2) is 18.5. The number of nitriles is 1. The van der Waals surface area contributed by atoms with E-state index in [-0.39, 0.29) is 19.8 Å². The van der Waals surface area contributed by atoms with Crippen molar-refractivity contribution in [2.24, 2.45) is 0 Å². The molecular formula is C40H43Cl2N7O5. The van der Waals surface area contributed by atoms with Crippen LogP contribution in [0.25, 0.3) is 11.1 Å². The summed E-state index contributed by atoms with van der Waals surface area (Å²) in [5.41, 5.74) is 4.86. The zero-order chi connectivity index (χ0) is 37.9. The van der Waals surface area contributed by atoms with Gasteiger partial charge in [-0.25, -0.2) is 4.98 Å². The summed E-state index contributed by atoms with van der Waals surface area (Å²) >= 11 is 13.7. The van der Waals surface area contributed by atoms with Crippen LogP contribution in [0.1, 0.15) is 52.9 Å². The van der Waals surface area contributed by atoms with Gasteiger partial charge in [0.2, 0.25) is 0 Å². The number of aliphatic hydroxyl groups excluding tert-OH is 1. The number of hydrogen-bond donors (Lipinski definition) is 4. The number of piperidine rings is 1. The third-order valence-electron chi connectivity index (χ3n) is 9.55. The first kappa shape index (κ1) is 39.0.